The number of fused-ring (bicyclic) bond motifs is 1. The Morgan fingerprint density at radius 2 is 1.64 bits per heavy atom. The molecule has 2 N–H and O–H groups in total. The molecule has 0 aromatic heterocycles. The Labute approximate surface area is 166 Å². The van der Waals surface area contributed by atoms with Crippen molar-refractivity contribution in [3.8, 4) is 0 Å². The Kier molecular flexibility index (Phi) is 6.98. The van der Waals surface area contributed by atoms with E-state index in [1.807, 2.05) is 39.8 Å². The molecule has 0 saturated carbocycles. The number of hydrogen-bond acceptors (Lipinski definition) is 5. The lowest BCUT2D eigenvalue weighted by Gasteiger charge is -2.28. The molecule has 0 saturated heterocycles. The van der Waals surface area contributed by atoms with E-state index >= 15 is 0 Å². The third-order valence-electron chi connectivity index (χ3n) is 4.09. The van der Waals surface area contributed by atoms with Gasteiger partial charge in [-0.2, -0.15) is 8.42 Å². The standard InChI is InChI=1S/C14H19NO2.C7H8O3S/c1-14(2,3)17-13(16)12-8-10-6-4-5-7-11(10)9-15-12;1-6-2-4-7(5-3-6)11(8,9)10/h4-7,12,15H,8-9H2,1-3H3;2-5H,1H3,(H,8,9,10)/t12-;/m0./s1. The predicted octanol–water partition coefficient (Wildman–Crippen LogP) is 3.28. The number of aryl methyl sites for hydroxylation is 1. The summed E-state index contributed by atoms with van der Waals surface area (Å²) >= 11 is 0. The molecule has 0 bridgehead atoms. The second-order valence-electron chi connectivity index (χ2n) is 7.73. The van der Waals surface area contributed by atoms with Gasteiger partial charge in [0, 0.05) is 6.54 Å². The lowest BCUT2D eigenvalue weighted by Crippen LogP contribution is -2.45. The van der Waals surface area contributed by atoms with Gasteiger partial charge in [-0.3, -0.25) is 9.35 Å². The lowest BCUT2D eigenvalue weighted by atomic mass is 9.96. The van der Waals surface area contributed by atoms with Crippen LogP contribution in [0, 0.1) is 6.92 Å². The van der Waals surface area contributed by atoms with Gasteiger partial charge in [0.15, 0.2) is 0 Å². The van der Waals surface area contributed by atoms with Crippen LogP contribution in [0.15, 0.2) is 53.4 Å². The molecule has 152 valence electrons. The molecule has 0 fully saturated rings. The van der Waals surface area contributed by atoms with E-state index in [1.54, 1.807) is 12.1 Å². The number of hydrogen-bond donors (Lipinski definition) is 2. The van der Waals surface area contributed by atoms with Crippen LogP contribution in [0.3, 0.4) is 0 Å². The summed E-state index contributed by atoms with van der Waals surface area (Å²) in [6.45, 7) is 8.25. The summed E-state index contributed by atoms with van der Waals surface area (Å²) in [7, 11) is -4.02. The van der Waals surface area contributed by atoms with Gasteiger partial charge in [0.25, 0.3) is 10.1 Å². The minimum atomic E-state index is -4.02. The predicted molar refractivity (Wildman–Crippen MR) is 108 cm³/mol. The van der Waals surface area contributed by atoms with Gasteiger partial charge in [-0.15, -0.1) is 0 Å². The van der Waals surface area contributed by atoms with Crippen LogP contribution in [0.1, 0.15) is 37.5 Å². The number of benzene rings is 2. The molecule has 0 amide bonds. The first-order chi connectivity index (χ1) is 13.0. The Hall–Kier alpha value is -2.22. The smallest absolute Gasteiger partial charge is 0.324 e. The number of carbonyl (C=O) groups is 1. The number of carbonyl (C=O) groups excluding carboxylic acids is 1. The van der Waals surface area contributed by atoms with Crippen LogP contribution in [-0.2, 0) is 32.6 Å². The Morgan fingerprint density at radius 3 is 2.18 bits per heavy atom. The topological polar surface area (TPSA) is 92.7 Å². The first kappa shape index (κ1) is 22.1. The van der Waals surface area contributed by atoms with E-state index in [9.17, 15) is 13.2 Å². The number of nitrogens with one attached hydrogen (secondary N) is 1. The van der Waals surface area contributed by atoms with E-state index in [0.29, 0.717) is 6.42 Å². The average Bonchev–Trinajstić information content (AvgIpc) is 2.60. The molecule has 1 heterocycles. The van der Waals surface area contributed by atoms with Crippen LogP contribution in [-0.4, -0.2) is 30.6 Å². The zero-order valence-electron chi connectivity index (χ0n) is 16.6. The quantitative estimate of drug-likeness (QED) is 0.588. The summed E-state index contributed by atoms with van der Waals surface area (Å²) < 4.78 is 34.9. The second kappa shape index (κ2) is 8.86. The molecule has 1 atom stereocenters. The first-order valence-electron chi connectivity index (χ1n) is 9.03. The van der Waals surface area contributed by atoms with Gasteiger partial charge in [0.1, 0.15) is 11.6 Å². The molecule has 0 aliphatic carbocycles. The Bertz CT molecular complexity index is 915. The van der Waals surface area contributed by atoms with E-state index in [4.69, 9.17) is 9.29 Å². The fraction of sp³-hybridized carbons (Fsp3) is 0.381. The molecule has 28 heavy (non-hydrogen) atoms. The van der Waals surface area contributed by atoms with Gasteiger partial charge in [-0.1, -0.05) is 42.0 Å². The summed E-state index contributed by atoms with van der Waals surface area (Å²) in [6.07, 6.45) is 0.713. The molecular formula is C21H27NO5S. The molecule has 3 rings (SSSR count). The average molecular weight is 406 g/mol. The molecule has 0 radical (unpaired) electrons. The van der Waals surface area contributed by atoms with Crippen LogP contribution in [0.4, 0.5) is 0 Å². The van der Waals surface area contributed by atoms with Crippen molar-refractivity contribution >= 4 is 16.1 Å². The summed E-state index contributed by atoms with van der Waals surface area (Å²) in [6, 6.07) is 14.0. The maximum Gasteiger partial charge on any atom is 0.324 e. The first-order valence-corrected chi connectivity index (χ1v) is 10.5. The van der Waals surface area contributed by atoms with E-state index in [1.165, 1.54) is 23.3 Å². The van der Waals surface area contributed by atoms with Crippen molar-refractivity contribution in [3.05, 3.63) is 65.2 Å². The number of rotatable bonds is 2. The van der Waals surface area contributed by atoms with Crippen LogP contribution in [0.25, 0.3) is 0 Å². The normalized spacial score (nSPS) is 16.4. The van der Waals surface area contributed by atoms with Gasteiger partial charge in [0.05, 0.1) is 4.90 Å². The molecule has 1 aliphatic heterocycles. The van der Waals surface area contributed by atoms with E-state index < -0.39 is 15.7 Å². The van der Waals surface area contributed by atoms with Crippen LogP contribution in [0.2, 0.25) is 0 Å². The van der Waals surface area contributed by atoms with Crippen molar-refractivity contribution in [2.24, 2.45) is 0 Å². The largest absolute Gasteiger partial charge is 0.459 e. The maximum absolute atomic E-state index is 11.9. The van der Waals surface area contributed by atoms with Crippen molar-refractivity contribution in [2.45, 2.75) is 57.2 Å². The van der Waals surface area contributed by atoms with E-state index in [0.717, 1.165) is 12.1 Å². The highest BCUT2D eigenvalue weighted by molar-refractivity contribution is 7.85. The Balaban J connectivity index is 0.000000221. The molecule has 2 aromatic carbocycles. The number of esters is 1. The summed E-state index contributed by atoms with van der Waals surface area (Å²) in [5.74, 6) is -0.160. The Morgan fingerprint density at radius 1 is 1.07 bits per heavy atom. The third kappa shape index (κ3) is 6.74. The molecule has 0 spiro atoms. The summed E-state index contributed by atoms with van der Waals surface area (Å²) in [5.41, 5.74) is 3.04. The SMILES string of the molecule is CC(C)(C)OC(=O)[C@@H]1Cc2ccccc2CN1.Cc1ccc(S(=O)(=O)O)cc1. The fourth-order valence-electron chi connectivity index (χ4n) is 2.70. The van der Waals surface area contributed by atoms with Crippen molar-refractivity contribution in [1.29, 1.82) is 0 Å². The van der Waals surface area contributed by atoms with Crippen LogP contribution < -0.4 is 5.32 Å². The fourth-order valence-corrected chi connectivity index (χ4v) is 3.18. The summed E-state index contributed by atoms with van der Waals surface area (Å²) in [4.78, 5) is 11.9. The molecule has 0 unspecified atom stereocenters. The number of ether oxygens (including phenoxy) is 1. The van der Waals surface area contributed by atoms with Gasteiger partial charge >= 0.3 is 5.97 Å². The van der Waals surface area contributed by atoms with Gasteiger partial charge in [0.2, 0.25) is 0 Å². The highest BCUT2D eigenvalue weighted by Gasteiger charge is 2.28. The van der Waals surface area contributed by atoms with Gasteiger partial charge < -0.3 is 10.1 Å². The van der Waals surface area contributed by atoms with Gasteiger partial charge in [-0.25, -0.2) is 0 Å². The monoisotopic (exact) mass is 405 g/mol. The van der Waals surface area contributed by atoms with Crippen LogP contribution in [0.5, 0.6) is 0 Å². The zero-order valence-corrected chi connectivity index (χ0v) is 17.4. The zero-order chi connectivity index (χ0) is 20.9. The molecular weight excluding hydrogens is 378 g/mol. The summed E-state index contributed by atoms with van der Waals surface area (Å²) in [5, 5.41) is 3.22. The highest BCUT2D eigenvalue weighted by atomic mass is 32.2. The van der Waals surface area contributed by atoms with Crippen molar-refractivity contribution in [1.82, 2.24) is 5.32 Å². The van der Waals surface area contributed by atoms with E-state index in [2.05, 4.69) is 17.4 Å². The molecule has 7 heteroatoms. The van der Waals surface area contributed by atoms with Crippen molar-refractivity contribution in [3.63, 3.8) is 0 Å². The van der Waals surface area contributed by atoms with Crippen molar-refractivity contribution in [2.75, 3.05) is 0 Å². The molecule has 1 aliphatic rings. The minimum absolute atomic E-state index is 0.0666. The molecule has 2 aromatic rings. The van der Waals surface area contributed by atoms with Crippen LogP contribution >= 0.6 is 0 Å². The minimum Gasteiger partial charge on any atom is -0.459 e. The van der Waals surface area contributed by atoms with Crippen molar-refractivity contribution < 1.29 is 22.5 Å². The third-order valence-corrected chi connectivity index (χ3v) is 4.96. The second-order valence-corrected chi connectivity index (χ2v) is 9.15. The highest BCUT2D eigenvalue weighted by Crippen LogP contribution is 2.18. The van der Waals surface area contributed by atoms with Gasteiger partial charge in [-0.05, 0) is 57.4 Å². The lowest BCUT2D eigenvalue weighted by molar-refractivity contribution is -0.157. The maximum atomic E-state index is 11.9. The molecule has 6 nitrogen and oxygen atoms in total. The van der Waals surface area contributed by atoms with E-state index in [-0.39, 0.29) is 16.9 Å².